The lowest BCUT2D eigenvalue weighted by molar-refractivity contribution is -0.112. The predicted octanol–water partition coefficient (Wildman–Crippen LogP) is 5.96. The summed E-state index contributed by atoms with van der Waals surface area (Å²) in [5.74, 6) is 0.145. The smallest absolute Gasteiger partial charge is 0.266 e. The van der Waals surface area contributed by atoms with Crippen LogP contribution in [0.1, 0.15) is 34.1 Å². The van der Waals surface area contributed by atoms with Gasteiger partial charge in [0, 0.05) is 22.2 Å². The molecule has 0 aliphatic rings. The number of nitriles is 2. The first-order valence-electron chi connectivity index (χ1n) is 11.7. The number of aromatic nitrogens is 2. The molecule has 2 aromatic carbocycles. The van der Waals surface area contributed by atoms with Gasteiger partial charge in [-0.25, -0.2) is 0 Å². The molecule has 1 amide bonds. The highest BCUT2D eigenvalue weighted by Gasteiger charge is 2.19. The summed E-state index contributed by atoms with van der Waals surface area (Å²) in [5, 5.41) is 27.5. The molecule has 0 aliphatic heterocycles. The largest absolute Gasteiger partial charge is 0.497 e. The molecule has 184 valence electrons. The molecule has 1 N–H and O–H groups in total. The van der Waals surface area contributed by atoms with E-state index in [0.717, 1.165) is 21.6 Å². The van der Waals surface area contributed by atoms with Crippen molar-refractivity contribution in [1.29, 1.82) is 10.5 Å². The SMILES string of the molecule is CCc1c(C)sc(NC(=O)C(C#N)=Cc2cn(Cc3ccccc3)nc2-c2ccc(OC)cc2)c1C#N. The Hall–Kier alpha value is -4.66. The lowest BCUT2D eigenvalue weighted by Gasteiger charge is -2.04. The van der Waals surface area contributed by atoms with E-state index in [-0.39, 0.29) is 5.57 Å². The third-order valence-electron chi connectivity index (χ3n) is 5.91. The van der Waals surface area contributed by atoms with E-state index >= 15 is 0 Å². The average Bonchev–Trinajstić information content (AvgIpc) is 3.46. The highest BCUT2D eigenvalue weighted by atomic mass is 32.1. The molecule has 0 atom stereocenters. The van der Waals surface area contributed by atoms with Crippen LogP contribution in [0, 0.1) is 29.6 Å². The minimum absolute atomic E-state index is 0.0815. The zero-order valence-corrected chi connectivity index (χ0v) is 21.6. The van der Waals surface area contributed by atoms with Crippen LogP contribution < -0.4 is 10.1 Å². The van der Waals surface area contributed by atoms with Gasteiger partial charge in [-0.2, -0.15) is 15.6 Å². The number of thiophene rings is 1. The molecule has 0 saturated heterocycles. The summed E-state index contributed by atoms with van der Waals surface area (Å²) in [6.45, 7) is 4.42. The fourth-order valence-electron chi connectivity index (χ4n) is 4.05. The van der Waals surface area contributed by atoms with Crippen LogP contribution in [0.2, 0.25) is 0 Å². The number of rotatable bonds is 8. The van der Waals surface area contributed by atoms with Crippen molar-refractivity contribution in [2.45, 2.75) is 26.8 Å². The summed E-state index contributed by atoms with van der Waals surface area (Å²) in [6, 6.07) is 21.6. The number of aryl methyl sites for hydroxylation is 1. The maximum absolute atomic E-state index is 13.1. The molecular weight excluding hydrogens is 482 g/mol. The Labute approximate surface area is 219 Å². The van der Waals surface area contributed by atoms with Crippen molar-refractivity contribution in [3.63, 3.8) is 0 Å². The number of nitrogens with one attached hydrogen (secondary N) is 1. The topological polar surface area (TPSA) is 104 Å². The summed E-state index contributed by atoms with van der Waals surface area (Å²) in [4.78, 5) is 14.1. The number of anilines is 1. The molecule has 4 aromatic rings. The molecule has 37 heavy (non-hydrogen) atoms. The van der Waals surface area contributed by atoms with E-state index in [4.69, 9.17) is 9.84 Å². The molecule has 0 saturated carbocycles. The number of benzene rings is 2. The first-order chi connectivity index (χ1) is 18.0. The maximum Gasteiger partial charge on any atom is 0.266 e. The van der Waals surface area contributed by atoms with E-state index in [1.54, 1.807) is 11.8 Å². The van der Waals surface area contributed by atoms with Crippen LogP contribution in [0.5, 0.6) is 5.75 Å². The highest BCUT2D eigenvalue weighted by Crippen LogP contribution is 2.33. The van der Waals surface area contributed by atoms with Gasteiger partial charge in [0.1, 0.15) is 28.5 Å². The Balaban J connectivity index is 1.71. The second kappa shape index (κ2) is 11.4. The van der Waals surface area contributed by atoms with Crippen molar-refractivity contribution in [2.75, 3.05) is 12.4 Å². The van der Waals surface area contributed by atoms with Crippen LogP contribution in [-0.2, 0) is 17.8 Å². The van der Waals surface area contributed by atoms with Crippen molar-refractivity contribution >= 4 is 28.3 Å². The van der Waals surface area contributed by atoms with E-state index in [2.05, 4.69) is 11.4 Å². The van der Waals surface area contributed by atoms with Gasteiger partial charge in [0.05, 0.1) is 24.9 Å². The van der Waals surface area contributed by atoms with Crippen LogP contribution in [0.4, 0.5) is 5.00 Å². The number of carbonyl (C=O) groups is 1. The predicted molar refractivity (Wildman–Crippen MR) is 145 cm³/mol. The third kappa shape index (κ3) is 5.61. The molecular formula is C29H25N5O2S. The van der Waals surface area contributed by atoms with E-state index in [1.807, 2.05) is 80.7 Å². The van der Waals surface area contributed by atoms with E-state index in [0.29, 0.717) is 40.5 Å². The van der Waals surface area contributed by atoms with E-state index in [9.17, 15) is 15.3 Å². The highest BCUT2D eigenvalue weighted by molar-refractivity contribution is 7.16. The first-order valence-corrected chi connectivity index (χ1v) is 12.5. The van der Waals surface area contributed by atoms with E-state index in [1.165, 1.54) is 17.4 Å². The summed E-state index contributed by atoms with van der Waals surface area (Å²) in [5.41, 5.74) is 4.44. The molecule has 2 aromatic heterocycles. The summed E-state index contributed by atoms with van der Waals surface area (Å²) < 4.78 is 7.06. The van der Waals surface area contributed by atoms with Crippen LogP contribution in [0.3, 0.4) is 0 Å². The van der Waals surface area contributed by atoms with Gasteiger partial charge < -0.3 is 10.1 Å². The Bertz CT molecular complexity index is 1530. The normalized spacial score (nSPS) is 11.0. The number of amides is 1. The number of methoxy groups -OCH3 is 1. The monoisotopic (exact) mass is 507 g/mol. The number of hydrogen-bond donors (Lipinski definition) is 1. The third-order valence-corrected chi connectivity index (χ3v) is 6.97. The van der Waals surface area contributed by atoms with Gasteiger partial charge in [-0.1, -0.05) is 37.3 Å². The van der Waals surface area contributed by atoms with Gasteiger partial charge in [0.2, 0.25) is 0 Å². The van der Waals surface area contributed by atoms with Crippen LogP contribution >= 0.6 is 11.3 Å². The van der Waals surface area contributed by atoms with Crippen molar-refractivity contribution in [3.8, 4) is 29.1 Å². The van der Waals surface area contributed by atoms with Crippen molar-refractivity contribution in [2.24, 2.45) is 0 Å². The number of nitrogens with zero attached hydrogens (tertiary/aromatic N) is 4. The quantitative estimate of drug-likeness (QED) is 0.234. The molecule has 4 rings (SSSR count). The molecule has 0 spiro atoms. The Morgan fingerprint density at radius 3 is 2.51 bits per heavy atom. The fraction of sp³-hybridized carbons (Fsp3) is 0.172. The van der Waals surface area contributed by atoms with Crippen molar-refractivity contribution in [3.05, 3.63) is 93.5 Å². The zero-order chi connectivity index (χ0) is 26.4. The number of hydrogen-bond acceptors (Lipinski definition) is 6. The van der Waals surface area contributed by atoms with Crippen molar-refractivity contribution in [1.82, 2.24) is 9.78 Å². The van der Waals surface area contributed by atoms with Gasteiger partial charge in [0.25, 0.3) is 5.91 Å². The summed E-state index contributed by atoms with van der Waals surface area (Å²) in [7, 11) is 1.60. The van der Waals surface area contributed by atoms with Crippen molar-refractivity contribution < 1.29 is 9.53 Å². The number of carbonyl (C=O) groups excluding carboxylic acids is 1. The molecule has 0 bridgehead atoms. The summed E-state index contributed by atoms with van der Waals surface area (Å²) in [6.07, 6.45) is 4.05. The van der Waals surface area contributed by atoms with E-state index < -0.39 is 5.91 Å². The van der Waals surface area contributed by atoms with Gasteiger partial charge in [-0.15, -0.1) is 11.3 Å². The maximum atomic E-state index is 13.1. The first kappa shape index (κ1) is 25.4. The second-order valence-corrected chi connectivity index (χ2v) is 9.50. The van der Waals surface area contributed by atoms with Crippen LogP contribution in [-0.4, -0.2) is 22.8 Å². The van der Waals surface area contributed by atoms with Gasteiger partial charge in [-0.05, 0) is 54.8 Å². The Morgan fingerprint density at radius 2 is 1.89 bits per heavy atom. The standard InChI is InChI=1S/C29H25N5O2S/c1-4-25-19(2)37-29(26(25)16-31)32-28(35)22(15-30)14-23-18-34(17-20-8-6-5-7-9-20)33-27(23)21-10-12-24(36-3)13-11-21/h5-14,18H,4,17H2,1-3H3,(H,32,35). The molecule has 8 heteroatoms. The molecule has 0 unspecified atom stereocenters. The molecule has 7 nitrogen and oxygen atoms in total. The van der Waals surface area contributed by atoms with Gasteiger partial charge in [-0.3, -0.25) is 9.48 Å². The van der Waals surface area contributed by atoms with Crippen LogP contribution in [0.25, 0.3) is 17.3 Å². The second-order valence-electron chi connectivity index (χ2n) is 8.27. The van der Waals surface area contributed by atoms with Crippen LogP contribution in [0.15, 0.2) is 66.4 Å². The fourth-order valence-corrected chi connectivity index (χ4v) is 5.14. The minimum atomic E-state index is -0.570. The minimum Gasteiger partial charge on any atom is -0.497 e. The molecule has 0 aliphatic carbocycles. The lowest BCUT2D eigenvalue weighted by atomic mass is 10.1. The van der Waals surface area contributed by atoms with Gasteiger partial charge in [0.15, 0.2) is 0 Å². The average molecular weight is 508 g/mol. The molecule has 0 radical (unpaired) electrons. The lowest BCUT2D eigenvalue weighted by Crippen LogP contribution is -2.13. The Morgan fingerprint density at radius 1 is 1.16 bits per heavy atom. The van der Waals surface area contributed by atoms with Gasteiger partial charge >= 0.3 is 0 Å². The molecule has 0 fully saturated rings. The molecule has 2 heterocycles. The summed E-state index contributed by atoms with van der Waals surface area (Å²) >= 11 is 1.34. The zero-order valence-electron chi connectivity index (χ0n) is 20.8. The number of ether oxygens (including phenoxy) is 1. The Kier molecular flexibility index (Phi) is 7.83.